The van der Waals surface area contributed by atoms with Crippen LogP contribution in [0.2, 0.25) is 0 Å². The maximum atomic E-state index is 13.8. The lowest BCUT2D eigenvalue weighted by atomic mass is 9.81. The van der Waals surface area contributed by atoms with E-state index in [2.05, 4.69) is 6.07 Å². The van der Waals surface area contributed by atoms with Crippen molar-refractivity contribution >= 4 is 18.4 Å². The predicted octanol–water partition coefficient (Wildman–Crippen LogP) is 4.00. The molecule has 1 aliphatic rings. The molecule has 1 aliphatic heterocycles. The lowest BCUT2D eigenvalue weighted by Gasteiger charge is -2.31. The van der Waals surface area contributed by atoms with Gasteiger partial charge >= 0.3 is 5.97 Å². The molecule has 0 saturated heterocycles. The Labute approximate surface area is 176 Å². The highest BCUT2D eigenvalue weighted by atomic mass is 35.5. The average molecular weight is 419 g/mol. The van der Waals surface area contributed by atoms with Gasteiger partial charge in [0, 0.05) is 0 Å². The van der Waals surface area contributed by atoms with E-state index in [1.807, 2.05) is 18.2 Å². The van der Waals surface area contributed by atoms with Gasteiger partial charge in [-0.1, -0.05) is 12.1 Å². The van der Waals surface area contributed by atoms with Crippen molar-refractivity contribution in [3.05, 3.63) is 70.0 Å². The van der Waals surface area contributed by atoms with E-state index in [1.54, 1.807) is 31.0 Å². The van der Waals surface area contributed by atoms with Crippen molar-refractivity contribution in [3.63, 3.8) is 0 Å². The van der Waals surface area contributed by atoms with Crippen molar-refractivity contribution in [2.24, 2.45) is 0 Å². The Kier molecular flexibility index (Phi) is 7.37. The number of likely N-dealkylation sites (N-methyl/N-ethyl adjacent to an activating group) is 1. The van der Waals surface area contributed by atoms with Crippen LogP contribution in [0.1, 0.15) is 40.7 Å². The van der Waals surface area contributed by atoms with E-state index in [0.29, 0.717) is 37.1 Å². The molecule has 0 amide bonds. The summed E-state index contributed by atoms with van der Waals surface area (Å²) in [4.78, 5) is 12.6. The number of carboxylic acids is 1. The van der Waals surface area contributed by atoms with Crippen LogP contribution in [0.3, 0.4) is 0 Å². The minimum Gasteiger partial charge on any atom is -0.480 e. The average Bonchev–Trinajstić information content (AvgIpc) is 3.02. The first-order valence-electron chi connectivity index (χ1n) is 9.20. The Morgan fingerprint density at radius 2 is 2.10 bits per heavy atom. The number of nitrogens with zero attached hydrogens (tertiary/aromatic N) is 2. The summed E-state index contributed by atoms with van der Waals surface area (Å²) >= 11 is 0. The number of hydrogen-bond acceptors (Lipinski definition) is 4. The Hall–Kier alpha value is -2.46. The SMILES string of the molecule is Cc1cc(C2(CCCN(C)CC(=O)O)OCc3cc(C#N)ccc32)ccc1F.Cl. The van der Waals surface area contributed by atoms with Gasteiger partial charge in [-0.15, -0.1) is 12.4 Å². The highest BCUT2D eigenvalue weighted by Gasteiger charge is 2.41. The van der Waals surface area contributed by atoms with E-state index in [1.165, 1.54) is 6.07 Å². The number of halogens is 2. The fourth-order valence-corrected chi connectivity index (χ4v) is 3.85. The van der Waals surface area contributed by atoms with Crippen LogP contribution in [-0.2, 0) is 21.7 Å². The van der Waals surface area contributed by atoms with Crippen molar-refractivity contribution in [1.29, 1.82) is 5.26 Å². The van der Waals surface area contributed by atoms with Crippen LogP contribution < -0.4 is 0 Å². The topological polar surface area (TPSA) is 73.6 Å². The fourth-order valence-electron chi connectivity index (χ4n) is 3.85. The van der Waals surface area contributed by atoms with E-state index in [4.69, 9.17) is 9.84 Å². The molecule has 29 heavy (non-hydrogen) atoms. The second kappa shape index (κ2) is 9.36. The van der Waals surface area contributed by atoms with Crippen molar-refractivity contribution in [3.8, 4) is 6.07 Å². The lowest BCUT2D eigenvalue weighted by Crippen LogP contribution is -2.31. The smallest absolute Gasteiger partial charge is 0.317 e. The van der Waals surface area contributed by atoms with Crippen LogP contribution in [0, 0.1) is 24.1 Å². The number of nitriles is 1. The largest absolute Gasteiger partial charge is 0.480 e. The summed E-state index contributed by atoms with van der Waals surface area (Å²) < 4.78 is 20.1. The van der Waals surface area contributed by atoms with Crippen LogP contribution >= 0.6 is 12.4 Å². The molecular formula is C22H24ClFN2O3. The molecule has 2 aromatic carbocycles. The summed E-state index contributed by atoms with van der Waals surface area (Å²) in [5.74, 6) is -1.13. The van der Waals surface area contributed by atoms with Crippen molar-refractivity contribution in [2.45, 2.75) is 32.0 Å². The molecule has 1 heterocycles. The standard InChI is InChI=1S/C22H23FN2O3.ClH/c1-15-10-18(5-7-20(15)23)22(8-3-9-25(2)13-21(26)27)19-6-4-16(12-24)11-17(19)14-28-22;/h4-7,10-11H,3,8-9,13-14H2,1-2H3,(H,26,27);1H. The third-order valence-electron chi connectivity index (χ3n) is 5.24. The molecular weight excluding hydrogens is 395 g/mol. The molecule has 0 saturated carbocycles. The summed E-state index contributed by atoms with van der Waals surface area (Å²) in [6, 6.07) is 12.7. The number of carboxylic acid groups (broad SMARTS) is 1. The molecule has 1 unspecified atom stereocenters. The van der Waals surface area contributed by atoms with Gasteiger partial charge in [0.1, 0.15) is 11.4 Å². The van der Waals surface area contributed by atoms with E-state index in [9.17, 15) is 14.4 Å². The quantitative estimate of drug-likeness (QED) is 0.735. The minimum atomic E-state index is -0.863. The molecule has 0 bridgehead atoms. The molecule has 7 heteroatoms. The number of benzene rings is 2. The summed E-state index contributed by atoms with van der Waals surface area (Å²) in [6.07, 6.45) is 1.33. The van der Waals surface area contributed by atoms with Crippen LogP contribution in [0.25, 0.3) is 0 Å². The minimum absolute atomic E-state index is 0. The van der Waals surface area contributed by atoms with E-state index in [0.717, 1.165) is 16.7 Å². The van der Waals surface area contributed by atoms with Gasteiger partial charge in [0.25, 0.3) is 0 Å². The van der Waals surface area contributed by atoms with Crippen molar-refractivity contribution in [2.75, 3.05) is 20.1 Å². The number of aryl methyl sites for hydroxylation is 1. The first-order chi connectivity index (χ1) is 13.4. The number of fused-ring (bicyclic) bond motifs is 1. The first kappa shape index (κ1) is 22.8. The van der Waals surface area contributed by atoms with Crippen molar-refractivity contribution < 1.29 is 19.0 Å². The second-order valence-corrected chi connectivity index (χ2v) is 7.30. The van der Waals surface area contributed by atoms with Gasteiger partial charge in [0.15, 0.2) is 0 Å². The van der Waals surface area contributed by atoms with Gasteiger partial charge in [-0.2, -0.15) is 5.26 Å². The van der Waals surface area contributed by atoms with Gasteiger partial charge in [-0.25, -0.2) is 4.39 Å². The van der Waals surface area contributed by atoms with E-state index < -0.39 is 11.6 Å². The summed E-state index contributed by atoms with van der Waals surface area (Å²) in [6.45, 7) is 2.68. The third kappa shape index (κ3) is 4.76. The van der Waals surface area contributed by atoms with Gasteiger partial charge in [-0.3, -0.25) is 9.69 Å². The first-order valence-corrected chi connectivity index (χ1v) is 9.20. The Bertz CT molecular complexity index is 944. The molecule has 1 N–H and O–H groups in total. The zero-order valence-corrected chi connectivity index (χ0v) is 17.3. The molecule has 0 aromatic heterocycles. The lowest BCUT2D eigenvalue weighted by molar-refractivity contribution is -0.138. The van der Waals surface area contributed by atoms with Crippen LogP contribution in [0.4, 0.5) is 4.39 Å². The Morgan fingerprint density at radius 3 is 2.76 bits per heavy atom. The van der Waals surface area contributed by atoms with Crippen molar-refractivity contribution in [1.82, 2.24) is 4.90 Å². The van der Waals surface area contributed by atoms with Gasteiger partial charge in [-0.05, 0) is 79.9 Å². The monoisotopic (exact) mass is 418 g/mol. The summed E-state index contributed by atoms with van der Waals surface area (Å²) in [5, 5.41) is 18.1. The predicted molar refractivity (Wildman–Crippen MR) is 109 cm³/mol. The number of ether oxygens (including phenoxy) is 1. The molecule has 154 valence electrons. The Balaban J connectivity index is 0.00000300. The number of hydrogen-bond donors (Lipinski definition) is 1. The zero-order chi connectivity index (χ0) is 20.3. The molecule has 2 aromatic rings. The molecule has 1 atom stereocenters. The van der Waals surface area contributed by atoms with Gasteiger partial charge in [0.2, 0.25) is 0 Å². The highest BCUT2D eigenvalue weighted by molar-refractivity contribution is 5.85. The molecule has 0 spiro atoms. The molecule has 5 nitrogen and oxygen atoms in total. The zero-order valence-electron chi connectivity index (χ0n) is 16.4. The molecule has 0 aliphatic carbocycles. The molecule has 0 fully saturated rings. The summed E-state index contributed by atoms with van der Waals surface area (Å²) in [5.41, 5.74) is 3.21. The Morgan fingerprint density at radius 1 is 1.34 bits per heavy atom. The normalized spacial score (nSPS) is 17.5. The third-order valence-corrected chi connectivity index (χ3v) is 5.24. The number of rotatable bonds is 7. The van der Waals surface area contributed by atoms with Gasteiger partial charge < -0.3 is 9.84 Å². The number of aliphatic carboxylic acids is 1. The van der Waals surface area contributed by atoms with E-state index >= 15 is 0 Å². The maximum Gasteiger partial charge on any atom is 0.317 e. The summed E-state index contributed by atoms with van der Waals surface area (Å²) in [7, 11) is 1.77. The molecule has 0 radical (unpaired) electrons. The second-order valence-electron chi connectivity index (χ2n) is 7.30. The van der Waals surface area contributed by atoms with Crippen LogP contribution in [0.15, 0.2) is 36.4 Å². The van der Waals surface area contributed by atoms with Gasteiger partial charge in [0.05, 0.1) is 24.8 Å². The maximum absolute atomic E-state index is 13.8. The van der Waals surface area contributed by atoms with E-state index in [-0.39, 0.29) is 24.8 Å². The highest BCUT2D eigenvalue weighted by Crippen LogP contribution is 2.45. The molecule has 3 rings (SSSR count). The van der Waals surface area contributed by atoms with Crippen LogP contribution in [0.5, 0.6) is 0 Å². The number of carbonyl (C=O) groups is 1. The fraction of sp³-hybridized carbons (Fsp3) is 0.364. The van der Waals surface area contributed by atoms with Crippen LogP contribution in [-0.4, -0.2) is 36.1 Å².